The minimum atomic E-state index is -0.839. The number of carbonyl (C=O) groups excluding carboxylic acids is 1. The number of hydrogen-bond acceptors (Lipinski definition) is 3. The summed E-state index contributed by atoms with van der Waals surface area (Å²) in [4.78, 5) is 12.5. The van der Waals surface area contributed by atoms with E-state index in [1.165, 1.54) is 321 Å². The van der Waals surface area contributed by atoms with Crippen molar-refractivity contribution in [1.29, 1.82) is 0 Å². The van der Waals surface area contributed by atoms with Gasteiger partial charge in [-0.15, -0.1) is 0 Å². The highest BCUT2D eigenvalue weighted by Crippen LogP contribution is 2.19. The van der Waals surface area contributed by atoms with Crippen molar-refractivity contribution in [3.05, 3.63) is 36.5 Å². The van der Waals surface area contributed by atoms with Gasteiger partial charge in [-0.1, -0.05) is 352 Å². The van der Waals surface area contributed by atoms with E-state index < -0.39 is 12.1 Å². The average molecular weight is 1010 g/mol. The first-order chi connectivity index (χ1) is 35.7. The van der Waals surface area contributed by atoms with Gasteiger partial charge in [-0.3, -0.25) is 4.79 Å². The Morgan fingerprint density at radius 2 is 0.569 bits per heavy atom. The molecule has 0 aliphatic heterocycles. The lowest BCUT2D eigenvalue weighted by Gasteiger charge is -2.20. The van der Waals surface area contributed by atoms with Crippen LogP contribution >= 0.6 is 0 Å². The Morgan fingerprint density at radius 1 is 0.333 bits per heavy atom. The van der Waals surface area contributed by atoms with E-state index in [1.807, 2.05) is 6.08 Å². The maximum Gasteiger partial charge on any atom is 0.220 e. The van der Waals surface area contributed by atoms with Crippen molar-refractivity contribution < 1.29 is 15.0 Å². The molecular weight excluding hydrogens is 879 g/mol. The van der Waals surface area contributed by atoms with Crippen molar-refractivity contribution in [3.8, 4) is 0 Å². The fourth-order valence-corrected chi connectivity index (χ4v) is 10.6. The van der Waals surface area contributed by atoms with Crippen LogP contribution in [0.4, 0.5) is 0 Å². The smallest absolute Gasteiger partial charge is 0.220 e. The summed E-state index contributed by atoms with van der Waals surface area (Å²) in [6.07, 6.45) is 87.9. The van der Waals surface area contributed by atoms with E-state index in [4.69, 9.17) is 0 Å². The molecule has 0 aromatic carbocycles. The van der Waals surface area contributed by atoms with E-state index >= 15 is 0 Å². The number of unbranched alkanes of at least 4 members (excludes halogenated alkanes) is 51. The molecule has 0 fully saturated rings. The topological polar surface area (TPSA) is 69.6 Å². The Labute approximate surface area is 452 Å². The largest absolute Gasteiger partial charge is 0.394 e. The fourth-order valence-electron chi connectivity index (χ4n) is 10.6. The maximum atomic E-state index is 12.5. The molecule has 2 unspecified atom stereocenters. The monoisotopic (exact) mass is 1010 g/mol. The summed E-state index contributed by atoms with van der Waals surface area (Å²) in [6, 6.07) is -0.622. The van der Waals surface area contributed by atoms with Crippen LogP contribution in [-0.2, 0) is 4.79 Å². The summed E-state index contributed by atoms with van der Waals surface area (Å²) in [6.45, 7) is 4.34. The predicted octanol–water partition coefficient (Wildman–Crippen LogP) is 22.4. The molecule has 0 heterocycles. The molecule has 0 aromatic heterocycles. The van der Waals surface area contributed by atoms with Gasteiger partial charge in [0.2, 0.25) is 5.91 Å². The molecule has 0 saturated carbocycles. The molecule has 0 aliphatic carbocycles. The molecule has 0 saturated heterocycles. The lowest BCUT2D eigenvalue weighted by molar-refractivity contribution is -0.123. The van der Waals surface area contributed by atoms with Gasteiger partial charge in [0.25, 0.3) is 0 Å². The van der Waals surface area contributed by atoms with E-state index in [9.17, 15) is 15.0 Å². The van der Waals surface area contributed by atoms with Crippen molar-refractivity contribution in [2.24, 2.45) is 0 Å². The molecule has 0 bridgehead atoms. The highest BCUT2D eigenvalue weighted by molar-refractivity contribution is 5.76. The second kappa shape index (κ2) is 63.9. The van der Waals surface area contributed by atoms with E-state index in [0.717, 1.165) is 32.1 Å². The second-order valence-corrected chi connectivity index (χ2v) is 22.9. The summed E-state index contributed by atoms with van der Waals surface area (Å²) < 4.78 is 0. The molecule has 4 heteroatoms. The number of aliphatic hydroxyl groups is 2. The van der Waals surface area contributed by atoms with Gasteiger partial charge in [0, 0.05) is 6.42 Å². The molecule has 4 nitrogen and oxygen atoms in total. The molecule has 3 N–H and O–H groups in total. The maximum absolute atomic E-state index is 12.5. The van der Waals surface area contributed by atoms with Crippen LogP contribution in [0.1, 0.15) is 373 Å². The van der Waals surface area contributed by atoms with Crippen LogP contribution in [0.3, 0.4) is 0 Å². The third-order valence-electron chi connectivity index (χ3n) is 15.6. The van der Waals surface area contributed by atoms with Crippen molar-refractivity contribution in [2.75, 3.05) is 6.61 Å². The third-order valence-corrected chi connectivity index (χ3v) is 15.6. The number of nitrogens with one attached hydrogen (secondary N) is 1. The Kier molecular flexibility index (Phi) is 62.7. The lowest BCUT2D eigenvalue weighted by atomic mass is 10.0. The number of amides is 1. The second-order valence-electron chi connectivity index (χ2n) is 22.9. The predicted molar refractivity (Wildman–Crippen MR) is 322 cm³/mol. The minimum Gasteiger partial charge on any atom is -0.394 e. The lowest BCUT2D eigenvalue weighted by Crippen LogP contribution is -2.45. The van der Waals surface area contributed by atoms with Crippen molar-refractivity contribution in [2.45, 2.75) is 386 Å². The van der Waals surface area contributed by atoms with Crippen LogP contribution in [0, 0.1) is 0 Å². The average Bonchev–Trinajstić information content (AvgIpc) is 3.39. The van der Waals surface area contributed by atoms with Gasteiger partial charge < -0.3 is 15.5 Å². The van der Waals surface area contributed by atoms with Crippen LogP contribution in [0.15, 0.2) is 36.5 Å². The van der Waals surface area contributed by atoms with E-state index in [-0.39, 0.29) is 12.5 Å². The minimum absolute atomic E-state index is 0.0565. The van der Waals surface area contributed by atoms with Gasteiger partial charge in [0.15, 0.2) is 0 Å². The van der Waals surface area contributed by atoms with Gasteiger partial charge in [0.05, 0.1) is 18.8 Å². The molecule has 0 aromatic rings. The normalized spacial score (nSPS) is 12.9. The van der Waals surface area contributed by atoms with Crippen molar-refractivity contribution in [1.82, 2.24) is 5.32 Å². The number of hydrogen-bond donors (Lipinski definition) is 3. The first-order valence-electron chi connectivity index (χ1n) is 33.2. The van der Waals surface area contributed by atoms with E-state index in [0.29, 0.717) is 6.42 Å². The van der Waals surface area contributed by atoms with Crippen LogP contribution < -0.4 is 5.32 Å². The molecule has 426 valence electrons. The first-order valence-corrected chi connectivity index (χ1v) is 33.2. The van der Waals surface area contributed by atoms with Crippen molar-refractivity contribution in [3.63, 3.8) is 0 Å². The molecule has 0 rings (SSSR count). The zero-order chi connectivity index (χ0) is 52.0. The molecule has 0 spiro atoms. The van der Waals surface area contributed by atoms with Crippen LogP contribution in [-0.4, -0.2) is 34.9 Å². The Bertz CT molecular complexity index is 1100. The van der Waals surface area contributed by atoms with Crippen LogP contribution in [0.5, 0.6) is 0 Å². The fraction of sp³-hybridized carbons (Fsp3) is 0.897. The SMILES string of the molecule is CCCCCCC/C=C\C/C=C\CCCCCCCCCCCCCCCCCCCCCC(=O)NC(CO)C(O)/C=C/CCCCCCCCCCCCCCCCCCCCCCCCCCCCC. The van der Waals surface area contributed by atoms with Crippen LogP contribution in [0.2, 0.25) is 0 Å². The molecule has 1 amide bonds. The number of rotatable bonds is 62. The highest BCUT2D eigenvalue weighted by Gasteiger charge is 2.18. The summed E-state index contributed by atoms with van der Waals surface area (Å²) >= 11 is 0. The van der Waals surface area contributed by atoms with E-state index in [1.54, 1.807) is 6.08 Å². The molecular formula is C68H131NO3. The van der Waals surface area contributed by atoms with Gasteiger partial charge in [-0.2, -0.15) is 0 Å². The number of aliphatic hydroxyl groups excluding tert-OH is 2. The van der Waals surface area contributed by atoms with Gasteiger partial charge in [0.1, 0.15) is 0 Å². The van der Waals surface area contributed by atoms with Crippen molar-refractivity contribution >= 4 is 5.91 Å². The third kappa shape index (κ3) is 59.5. The molecule has 0 aliphatic rings. The number of carbonyl (C=O) groups is 1. The standard InChI is InChI=1S/C68H131NO3/c1-3-5-7-9-11-13-15-17-19-21-23-25-27-29-31-33-34-36-38-40-42-44-46-48-50-52-54-56-58-60-62-64-68(72)69-66(65-70)67(71)63-61-59-57-55-53-51-49-47-45-43-41-39-37-35-32-30-28-26-24-22-20-18-16-14-12-10-8-6-4-2/h15,17,21,23,61,63,66-67,70-71H,3-14,16,18-20,22,24-60,62,64-65H2,1-2H3,(H,69,72)/b17-15-,23-21-,63-61+. The number of allylic oxidation sites excluding steroid dienone is 5. The quantitative estimate of drug-likeness (QED) is 0.0420. The summed E-state index contributed by atoms with van der Waals surface area (Å²) in [5.41, 5.74) is 0. The molecule has 72 heavy (non-hydrogen) atoms. The Morgan fingerprint density at radius 3 is 0.833 bits per heavy atom. The summed E-state index contributed by atoms with van der Waals surface area (Å²) in [5.74, 6) is -0.0565. The molecule has 2 atom stereocenters. The van der Waals surface area contributed by atoms with E-state index in [2.05, 4.69) is 43.5 Å². The van der Waals surface area contributed by atoms with Gasteiger partial charge >= 0.3 is 0 Å². The summed E-state index contributed by atoms with van der Waals surface area (Å²) in [5, 5.41) is 23.3. The highest BCUT2D eigenvalue weighted by atomic mass is 16.3. The van der Waals surface area contributed by atoms with Gasteiger partial charge in [-0.25, -0.2) is 0 Å². The van der Waals surface area contributed by atoms with Gasteiger partial charge in [-0.05, 0) is 51.4 Å². The summed E-state index contributed by atoms with van der Waals surface area (Å²) in [7, 11) is 0. The zero-order valence-electron chi connectivity index (χ0n) is 49.2. The molecule has 0 radical (unpaired) electrons. The zero-order valence-corrected chi connectivity index (χ0v) is 49.2. The Hall–Kier alpha value is -1.39. The van der Waals surface area contributed by atoms with Crippen LogP contribution in [0.25, 0.3) is 0 Å². The Balaban J connectivity index is 3.43. The first kappa shape index (κ1) is 70.6.